The molecule has 4 aliphatic rings. The van der Waals surface area contributed by atoms with E-state index in [0.29, 0.717) is 36.4 Å². The van der Waals surface area contributed by atoms with Crippen LogP contribution >= 0.6 is 0 Å². The Hall–Kier alpha value is -1.17. The van der Waals surface area contributed by atoms with Crippen LogP contribution in [0.3, 0.4) is 0 Å². The molecule has 3 nitrogen and oxygen atoms in total. The molecule has 3 heteroatoms. The van der Waals surface area contributed by atoms with Gasteiger partial charge in [0, 0.05) is 24.7 Å². The summed E-state index contributed by atoms with van der Waals surface area (Å²) < 4.78 is 0. The molecule has 0 amide bonds. The second-order valence-corrected chi connectivity index (χ2v) is 9.16. The zero-order valence-electron chi connectivity index (χ0n) is 14.4. The van der Waals surface area contributed by atoms with Crippen molar-refractivity contribution < 1.29 is 9.59 Å². The monoisotopic (exact) mass is 313 g/mol. The van der Waals surface area contributed by atoms with E-state index in [1.165, 1.54) is 0 Å². The van der Waals surface area contributed by atoms with Gasteiger partial charge >= 0.3 is 0 Å². The molecule has 4 aliphatic carbocycles. The Balaban J connectivity index is 1.73. The summed E-state index contributed by atoms with van der Waals surface area (Å²) in [6, 6.07) is 2.61. The van der Waals surface area contributed by atoms with Crippen LogP contribution in [0.1, 0.15) is 71.6 Å². The van der Waals surface area contributed by atoms with Gasteiger partial charge in [0.15, 0.2) is 0 Å². The van der Waals surface area contributed by atoms with E-state index in [2.05, 4.69) is 19.9 Å². The lowest BCUT2D eigenvalue weighted by molar-refractivity contribution is -0.154. The van der Waals surface area contributed by atoms with E-state index in [1.807, 2.05) is 0 Å². The number of fused-ring (bicyclic) bond motifs is 5. The Morgan fingerprint density at radius 1 is 1.00 bits per heavy atom. The fourth-order valence-corrected chi connectivity index (χ4v) is 7.07. The van der Waals surface area contributed by atoms with Crippen LogP contribution in [-0.4, -0.2) is 11.6 Å². The Kier molecular flexibility index (Phi) is 3.13. The molecule has 6 atom stereocenters. The average Bonchev–Trinajstić information content (AvgIpc) is 2.84. The van der Waals surface area contributed by atoms with Gasteiger partial charge in [-0.05, 0) is 61.7 Å². The molecule has 124 valence electrons. The first-order valence-electron chi connectivity index (χ1n) is 9.33. The van der Waals surface area contributed by atoms with Gasteiger partial charge < -0.3 is 0 Å². The highest BCUT2D eigenvalue weighted by atomic mass is 16.1. The summed E-state index contributed by atoms with van der Waals surface area (Å²) in [6.07, 6.45) is 7.72. The van der Waals surface area contributed by atoms with Crippen LogP contribution < -0.4 is 0 Å². The maximum absolute atomic E-state index is 12.4. The average molecular weight is 313 g/mol. The second-order valence-electron chi connectivity index (χ2n) is 9.16. The lowest BCUT2D eigenvalue weighted by atomic mass is 9.40. The van der Waals surface area contributed by atoms with Crippen LogP contribution in [-0.2, 0) is 9.59 Å². The number of rotatable bonds is 0. The summed E-state index contributed by atoms with van der Waals surface area (Å²) in [4.78, 5) is 24.5. The van der Waals surface area contributed by atoms with Gasteiger partial charge in [-0.2, -0.15) is 5.26 Å². The van der Waals surface area contributed by atoms with E-state index in [4.69, 9.17) is 0 Å². The second kappa shape index (κ2) is 4.68. The van der Waals surface area contributed by atoms with Crippen LogP contribution in [0.15, 0.2) is 0 Å². The number of carbonyl (C=O) groups is 2. The first-order valence-corrected chi connectivity index (χ1v) is 9.33. The van der Waals surface area contributed by atoms with Crippen molar-refractivity contribution >= 4 is 11.6 Å². The summed E-state index contributed by atoms with van der Waals surface area (Å²) >= 11 is 0. The quantitative estimate of drug-likeness (QED) is 0.677. The lowest BCUT2D eigenvalue weighted by Gasteiger charge is -2.62. The van der Waals surface area contributed by atoms with Gasteiger partial charge in [-0.1, -0.05) is 13.8 Å². The smallest absolute Gasteiger partial charge is 0.139 e. The topological polar surface area (TPSA) is 57.9 Å². The zero-order chi connectivity index (χ0) is 16.5. The van der Waals surface area contributed by atoms with E-state index in [1.54, 1.807) is 0 Å². The summed E-state index contributed by atoms with van der Waals surface area (Å²) in [5, 5.41) is 9.97. The predicted octanol–water partition coefficient (Wildman–Crippen LogP) is 4.06. The Labute approximate surface area is 138 Å². The largest absolute Gasteiger partial charge is 0.300 e. The van der Waals surface area contributed by atoms with Crippen molar-refractivity contribution in [1.82, 2.24) is 0 Å². The Morgan fingerprint density at radius 2 is 1.78 bits per heavy atom. The molecule has 0 unspecified atom stereocenters. The first-order chi connectivity index (χ1) is 10.9. The molecule has 4 fully saturated rings. The molecule has 23 heavy (non-hydrogen) atoms. The molecular formula is C20H27NO2. The lowest BCUT2D eigenvalue weighted by Crippen LogP contribution is -2.58. The first kappa shape index (κ1) is 15.4. The molecule has 0 radical (unpaired) electrons. The van der Waals surface area contributed by atoms with Crippen LogP contribution in [0.2, 0.25) is 0 Å². The number of ketones is 2. The van der Waals surface area contributed by atoms with E-state index < -0.39 is 5.41 Å². The minimum absolute atomic E-state index is 0.0362. The summed E-state index contributed by atoms with van der Waals surface area (Å²) in [6.45, 7) is 4.49. The molecular weight excluding hydrogens is 286 g/mol. The third kappa shape index (κ3) is 1.76. The van der Waals surface area contributed by atoms with Gasteiger partial charge in [-0.25, -0.2) is 0 Å². The minimum Gasteiger partial charge on any atom is -0.300 e. The summed E-state index contributed by atoms with van der Waals surface area (Å²) in [5.74, 6) is 2.37. The number of nitriles is 1. The van der Waals surface area contributed by atoms with Gasteiger partial charge in [0.1, 0.15) is 11.6 Å². The van der Waals surface area contributed by atoms with Crippen molar-refractivity contribution in [3.63, 3.8) is 0 Å². The van der Waals surface area contributed by atoms with Gasteiger partial charge in [0.2, 0.25) is 0 Å². The van der Waals surface area contributed by atoms with Crippen LogP contribution in [0.4, 0.5) is 0 Å². The number of Topliss-reactive ketones (excluding diaryl/α,β-unsaturated/α-hetero) is 2. The predicted molar refractivity (Wildman–Crippen MR) is 86.3 cm³/mol. The van der Waals surface area contributed by atoms with Crippen molar-refractivity contribution in [2.24, 2.45) is 34.0 Å². The van der Waals surface area contributed by atoms with Crippen molar-refractivity contribution in [3.05, 3.63) is 0 Å². The van der Waals surface area contributed by atoms with Crippen molar-refractivity contribution in [2.75, 3.05) is 0 Å². The van der Waals surface area contributed by atoms with E-state index in [0.717, 1.165) is 44.9 Å². The van der Waals surface area contributed by atoms with Crippen LogP contribution in [0.25, 0.3) is 0 Å². The molecule has 4 saturated carbocycles. The van der Waals surface area contributed by atoms with Crippen LogP contribution in [0.5, 0.6) is 0 Å². The van der Waals surface area contributed by atoms with Crippen LogP contribution in [0, 0.1) is 45.3 Å². The van der Waals surface area contributed by atoms with Crippen molar-refractivity contribution in [1.29, 1.82) is 5.26 Å². The third-order valence-corrected chi connectivity index (χ3v) is 8.60. The summed E-state index contributed by atoms with van der Waals surface area (Å²) in [5.41, 5.74) is -0.583. The number of nitrogens with zero attached hydrogens (tertiary/aromatic N) is 1. The molecule has 0 aromatic carbocycles. The third-order valence-electron chi connectivity index (χ3n) is 8.60. The maximum Gasteiger partial charge on any atom is 0.139 e. The zero-order valence-corrected chi connectivity index (χ0v) is 14.4. The van der Waals surface area contributed by atoms with Gasteiger partial charge in [-0.15, -0.1) is 0 Å². The molecule has 0 N–H and O–H groups in total. The molecule has 0 bridgehead atoms. The van der Waals surface area contributed by atoms with E-state index in [9.17, 15) is 14.9 Å². The normalized spacial score (nSPS) is 52.3. The fourth-order valence-electron chi connectivity index (χ4n) is 7.07. The number of hydrogen-bond donors (Lipinski definition) is 0. The van der Waals surface area contributed by atoms with Crippen molar-refractivity contribution in [3.8, 4) is 6.07 Å². The standard InChI is InChI=1S/C20H27NO2/c1-18-8-7-16-14(15(18)3-4-17(18)23)6-10-20(12-21)11-13(22)5-9-19(16,20)2/h14-16H,3-11H2,1-2H3/t14-,15+,16+,18-,19-,20+/m1/s1. The van der Waals surface area contributed by atoms with E-state index >= 15 is 0 Å². The maximum atomic E-state index is 12.4. The molecule has 0 aliphatic heterocycles. The number of carbonyl (C=O) groups excluding carboxylic acids is 2. The Bertz CT molecular complexity index is 620. The van der Waals surface area contributed by atoms with Gasteiger partial charge in [-0.3, -0.25) is 9.59 Å². The SMILES string of the molecule is C[C@@]12CC[C@H]3[C@H](CC[C@@]4(C#N)CC(=O)CC[C@]34C)[C@@H]1CCC2=O. The molecule has 0 spiro atoms. The Morgan fingerprint density at radius 3 is 2.52 bits per heavy atom. The molecule has 4 rings (SSSR count). The fraction of sp³-hybridized carbons (Fsp3) is 0.850. The van der Waals surface area contributed by atoms with E-state index in [-0.39, 0.29) is 16.6 Å². The van der Waals surface area contributed by atoms with Gasteiger partial charge in [0.05, 0.1) is 11.5 Å². The minimum atomic E-state index is -0.445. The molecule has 0 aromatic heterocycles. The highest BCUT2D eigenvalue weighted by Gasteiger charge is 2.65. The highest BCUT2D eigenvalue weighted by Crippen LogP contribution is 2.68. The highest BCUT2D eigenvalue weighted by molar-refractivity contribution is 5.87. The van der Waals surface area contributed by atoms with Gasteiger partial charge in [0.25, 0.3) is 0 Å². The molecule has 0 aromatic rings. The molecule has 0 saturated heterocycles. The summed E-state index contributed by atoms with van der Waals surface area (Å²) in [7, 11) is 0. The number of hydrogen-bond acceptors (Lipinski definition) is 3. The molecule has 0 heterocycles. The van der Waals surface area contributed by atoms with Crippen molar-refractivity contribution in [2.45, 2.75) is 71.6 Å².